The van der Waals surface area contributed by atoms with E-state index in [0.717, 1.165) is 0 Å². The summed E-state index contributed by atoms with van der Waals surface area (Å²) in [4.78, 5) is 24.9. The van der Waals surface area contributed by atoms with E-state index in [9.17, 15) is 18.0 Å². The second-order valence-corrected chi connectivity index (χ2v) is 8.99. The molecule has 0 unspecified atom stereocenters. The molecule has 1 saturated heterocycles. The van der Waals surface area contributed by atoms with Crippen LogP contribution in [0.5, 0.6) is 0 Å². The first-order valence-electron chi connectivity index (χ1n) is 8.93. The number of rotatable bonds is 6. The summed E-state index contributed by atoms with van der Waals surface area (Å²) < 4.78 is 25.3. The summed E-state index contributed by atoms with van der Waals surface area (Å²) in [5, 5.41) is 5.65. The molecular weight excluding hydrogens is 354 g/mol. The number of hydrogen-bond acceptors (Lipinski definition) is 4. The molecule has 8 heteroatoms. The van der Waals surface area contributed by atoms with Crippen molar-refractivity contribution in [2.24, 2.45) is 5.92 Å². The van der Waals surface area contributed by atoms with E-state index in [2.05, 4.69) is 10.6 Å². The molecule has 1 heterocycles. The Bertz CT molecular complexity index is 753. The molecule has 2 rings (SSSR count). The van der Waals surface area contributed by atoms with Crippen LogP contribution in [0.25, 0.3) is 0 Å². The summed E-state index contributed by atoms with van der Waals surface area (Å²) in [6, 6.07) is 6.88. The molecule has 0 radical (unpaired) electrons. The Hall–Kier alpha value is -1.93. The summed E-state index contributed by atoms with van der Waals surface area (Å²) in [7, 11) is -3.21. The highest BCUT2D eigenvalue weighted by Crippen LogP contribution is 2.23. The molecule has 7 nitrogen and oxygen atoms in total. The summed E-state index contributed by atoms with van der Waals surface area (Å²) in [5.74, 6) is -0.606. The maximum Gasteiger partial charge on any atom is 0.253 e. The van der Waals surface area contributed by atoms with Crippen LogP contribution in [0.3, 0.4) is 0 Å². The normalized spacial score (nSPS) is 16.5. The molecule has 26 heavy (non-hydrogen) atoms. The van der Waals surface area contributed by atoms with Crippen molar-refractivity contribution in [1.82, 2.24) is 9.62 Å². The van der Waals surface area contributed by atoms with Gasteiger partial charge in [0.1, 0.15) is 0 Å². The number of piperidine rings is 1. The summed E-state index contributed by atoms with van der Waals surface area (Å²) in [6.45, 7) is 6.06. The molecule has 1 aromatic carbocycles. The van der Waals surface area contributed by atoms with Crippen LogP contribution in [0.1, 0.15) is 44.0 Å². The minimum atomic E-state index is -3.21. The molecule has 0 aliphatic carbocycles. The van der Waals surface area contributed by atoms with Crippen LogP contribution in [0.15, 0.2) is 24.3 Å². The van der Waals surface area contributed by atoms with Gasteiger partial charge in [0.2, 0.25) is 15.9 Å². The smallest absolute Gasteiger partial charge is 0.253 e. The maximum absolute atomic E-state index is 12.6. The standard InChI is InChI=1S/C18H27N3O4S/c1-4-26(24,25)21-11-9-14(10-12-21)17(22)20-16-8-6-5-7-15(16)18(23)19-13(2)3/h5-8,13-14H,4,9-12H2,1-3H3,(H,19,23)(H,20,22). The third-order valence-corrected chi connectivity index (χ3v) is 6.31. The van der Waals surface area contributed by atoms with Crippen molar-refractivity contribution >= 4 is 27.5 Å². The number of nitrogens with zero attached hydrogens (tertiary/aromatic N) is 1. The van der Waals surface area contributed by atoms with E-state index in [0.29, 0.717) is 37.2 Å². The minimum absolute atomic E-state index is 0.00361. The molecular formula is C18H27N3O4S. The molecule has 144 valence electrons. The first kappa shape index (κ1) is 20.4. The Labute approximate surface area is 155 Å². The molecule has 0 saturated carbocycles. The number of nitrogens with one attached hydrogen (secondary N) is 2. The molecule has 1 aromatic rings. The molecule has 0 aromatic heterocycles. The highest BCUT2D eigenvalue weighted by molar-refractivity contribution is 7.89. The first-order valence-corrected chi connectivity index (χ1v) is 10.5. The third kappa shape index (κ3) is 5.04. The van der Waals surface area contributed by atoms with Crippen molar-refractivity contribution in [3.63, 3.8) is 0 Å². The van der Waals surface area contributed by atoms with Gasteiger partial charge < -0.3 is 10.6 Å². The summed E-state index contributed by atoms with van der Waals surface area (Å²) in [6.07, 6.45) is 0.955. The predicted molar refractivity (Wildman–Crippen MR) is 101 cm³/mol. The molecule has 0 atom stereocenters. The summed E-state index contributed by atoms with van der Waals surface area (Å²) >= 11 is 0. The van der Waals surface area contributed by atoms with E-state index in [1.54, 1.807) is 31.2 Å². The van der Waals surface area contributed by atoms with Crippen LogP contribution >= 0.6 is 0 Å². The van der Waals surface area contributed by atoms with Gasteiger partial charge >= 0.3 is 0 Å². The van der Waals surface area contributed by atoms with E-state index in [4.69, 9.17) is 0 Å². The second-order valence-electron chi connectivity index (χ2n) is 6.74. The lowest BCUT2D eigenvalue weighted by molar-refractivity contribution is -0.120. The van der Waals surface area contributed by atoms with Gasteiger partial charge in [-0.3, -0.25) is 9.59 Å². The number of sulfonamides is 1. The Balaban J connectivity index is 2.02. The van der Waals surface area contributed by atoms with Gasteiger partial charge in [0.15, 0.2) is 0 Å². The average Bonchev–Trinajstić information content (AvgIpc) is 2.61. The van der Waals surface area contributed by atoms with Crippen molar-refractivity contribution in [2.75, 3.05) is 24.2 Å². The predicted octanol–water partition coefficient (Wildman–Crippen LogP) is 1.82. The van der Waals surface area contributed by atoms with E-state index < -0.39 is 10.0 Å². The van der Waals surface area contributed by atoms with Gasteiger partial charge in [-0.2, -0.15) is 0 Å². The molecule has 0 bridgehead atoms. The number of benzene rings is 1. The first-order chi connectivity index (χ1) is 12.2. The van der Waals surface area contributed by atoms with Crippen LogP contribution in [-0.2, 0) is 14.8 Å². The number of carbonyl (C=O) groups excluding carboxylic acids is 2. The van der Waals surface area contributed by atoms with Gasteiger partial charge in [-0.25, -0.2) is 12.7 Å². The lowest BCUT2D eigenvalue weighted by atomic mass is 9.97. The fraction of sp³-hybridized carbons (Fsp3) is 0.556. The van der Waals surface area contributed by atoms with Crippen molar-refractivity contribution < 1.29 is 18.0 Å². The van der Waals surface area contributed by atoms with Crippen LogP contribution < -0.4 is 10.6 Å². The molecule has 2 amide bonds. The maximum atomic E-state index is 12.6. The van der Waals surface area contributed by atoms with Crippen molar-refractivity contribution in [3.8, 4) is 0 Å². The monoisotopic (exact) mass is 381 g/mol. The SMILES string of the molecule is CCS(=O)(=O)N1CCC(C(=O)Nc2ccccc2C(=O)NC(C)C)CC1. The van der Waals surface area contributed by atoms with Gasteiger partial charge in [-0.1, -0.05) is 12.1 Å². The molecule has 2 N–H and O–H groups in total. The second kappa shape index (κ2) is 8.64. The Morgan fingerprint density at radius 3 is 2.38 bits per heavy atom. The third-order valence-electron chi connectivity index (χ3n) is 4.43. The quantitative estimate of drug-likeness (QED) is 0.786. The van der Waals surface area contributed by atoms with Crippen LogP contribution in [-0.4, -0.2) is 49.4 Å². The number of anilines is 1. The van der Waals surface area contributed by atoms with Gasteiger partial charge in [-0.15, -0.1) is 0 Å². The van der Waals surface area contributed by atoms with Crippen molar-refractivity contribution in [2.45, 2.75) is 39.7 Å². The van der Waals surface area contributed by atoms with E-state index in [-0.39, 0.29) is 29.5 Å². The zero-order valence-corrected chi connectivity index (χ0v) is 16.3. The zero-order chi connectivity index (χ0) is 19.3. The minimum Gasteiger partial charge on any atom is -0.350 e. The Kier molecular flexibility index (Phi) is 6.77. The van der Waals surface area contributed by atoms with Gasteiger partial charge in [0, 0.05) is 25.0 Å². The topological polar surface area (TPSA) is 95.6 Å². The zero-order valence-electron chi connectivity index (χ0n) is 15.5. The van der Waals surface area contributed by atoms with Crippen molar-refractivity contribution in [1.29, 1.82) is 0 Å². The average molecular weight is 381 g/mol. The van der Waals surface area contributed by atoms with Crippen LogP contribution in [0.2, 0.25) is 0 Å². The molecule has 0 spiro atoms. The van der Waals surface area contributed by atoms with E-state index in [1.807, 2.05) is 13.8 Å². The Morgan fingerprint density at radius 1 is 1.19 bits per heavy atom. The van der Waals surface area contributed by atoms with Crippen molar-refractivity contribution in [3.05, 3.63) is 29.8 Å². The van der Waals surface area contributed by atoms with Crippen LogP contribution in [0.4, 0.5) is 5.69 Å². The van der Waals surface area contributed by atoms with Crippen LogP contribution in [0, 0.1) is 5.92 Å². The number of amides is 2. The lowest BCUT2D eigenvalue weighted by Crippen LogP contribution is -2.42. The lowest BCUT2D eigenvalue weighted by Gasteiger charge is -2.30. The van der Waals surface area contributed by atoms with E-state index in [1.165, 1.54) is 4.31 Å². The van der Waals surface area contributed by atoms with Gasteiger partial charge in [0.05, 0.1) is 17.0 Å². The fourth-order valence-corrected chi connectivity index (χ4v) is 4.08. The molecule has 1 fully saturated rings. The fourth-order valence-electron chi connectivity index (χ4n) is 2.94. The van der Waals surface area contributed by atoms with Gasteiger partial charge in [0.25, 0.3) is 5.91 Å². The Morgan fingerprint density at radius 2 is 1.81 bits per heavy atom. The number of carbonyl (C=O) groups is 2. The van der Waals surface area contributed by atoms with E-state index >= 15 is 0 Å². The number of hydrogen-bond donors (Lipinski definition) is 2. The highest BCUT2D eigenvalue weighted by Gasteiger charge is 2.30. The van der Waals surface area contributed by atoms with Gasteiger partial charge in [-0.05, 0) is 45.7 Å². The highest BCUT2D eigenvalue weighted by atomic mass is 32.2. The summed E-state index contributed by atoms with van der Waals surface area (Å²) in [5.41, 5.74) is 0.889. The largest absolute Gasteiger partial charge is 0.350 e. The molecule has 1 aliphatic heterocycles. The number of para-hydroxylation sites is 1. The molecule has 1 aliphatic rings.